The van der Waals surface area contributed by atoms with E-state index in [1.54, 1.807) is 28.7 Å². The molecule has 0 spiro atoms. The predicted octanol–water partition coefficient (Wildman–Crippen LogP) is 1.51. The lowest BCUT2D eigenvalue weighted by Gasteiger charge is -2.21. The van der Waals surface area contributed by atoms with Gasteiger partial charge in [-0.1, -0.05) is 12.1 Å². The fraction of sp³-hybridized carbons (Fsp3) is 0.333. The number of rotatable bonds is 10. The first-order chi connectivity index (χ1) is 19.2. The summed E-state index contributed by atoms with van der Waals surface area (Å²) in [5.41, 5.74) is 9.01. The van der Waals surface area contributed by atoms with Gasteiger partial charge in [0.15, 0.2) is 0 Å². The zero-order valence-corrected chi connectivity index (χ0v) is 21.9. The summed E-state index contributed by atoms with van der Waals surface area (Å²) in [6.07, 6.45) is 6.80. The van der Waals surface area contributed by atoms with Crippen LogP contribution in [0.4, 0.5) is 5.82 Å². The van der Waals surface area contributed by atoms with E-state index in [9.17, 15) is 24.3 Å². The number of piperidine rings is 1. The van der Waals surface area contributed by atoms with E-state index in [1.807, 2.05) is 18.2 Å². The normalized spacial score (nSPS) is 15.5. The lowest BCUT2D eigenvalue weighted by Crippen LogP contribution is -2.44. The van der Waals surface area contributed by atoms with E-state index in [1.165, 1.54) is 16.8 Å². The monoisotopic (exact) mass is 547 g/mol. The van der Waals surface area contributed by atoms with E-state index in [4.69, 9.17) is 10.5 Å². The number of hydrogen-bond donors (Lipinski definition) is 3. The topological polar surface area (TPSA) is 176 Å². The highest BCUT2D eigenvalue weighted by Gasteiger charge is 2.31. The molecule has 1 aromatic carbocycles. The second-order valence-corrected chi connectivity index (χ2v) is 9.63. The number of nitrogens with two attached hydrogens (primary N) is 1. The number of anilines is 1. The first-order valence-electron chi connectivity index (χ1n) is 12.9. The predicted molar refractivity (Wildman–Crippen MR) is 145 cm³/mol. The standard InChI is InChI=1S/C27H29N7O6/c1-32-23-16(4-2-6-20(23)34(27(32)39)21-7-8-22(35)31-25(21)36)5-3-10-40-11-9-33-15-18(14-30-33)17-12-19(26(37)38)24(28)29-13-17/h2,4,6,12-15,21H,3,5,7-11H2,1H3,(H2,28,29)(H,37,38)(H,31,35,36). The molecule has 1 fully saturated rings. The van der Waals surface area contributed by atoms with Gasteiger partial charge in [0.25, 0.3) is 0 Å². The fourth-order valence-corrected chi connectivity index (χ4v) is 5.02. The molecular formula is C27H29N7O6. The number of amides is 2. The van der Waals surface area contributed by atoms with Crippen LogP contribution in [0, 0.1) is 0 Å². The van der Waals surface area contributed by atoms with Crippen LogP contribution in [0.2, 0.25) is 0 Å². The fourth-order valence-electron chi connectivity index (χ4n) is 5.02. The van der Waals surface area contributed by atoms with E-state index in [-0.39, 0.29) is 29.4 Å². The molecule has 1 saturated heterocycles. The van der Waals surface area contributed by atoms with Gasteiger partial charge in [-0.2, -0.15) is 5.10 Å². The van der Waals surface area contributed by atoms with Crippen LogP contribution in [0.5, 0.6) is 0 Å². The maximum Gasteiger partial charge on any atom is 0.339 e. The highest BCUT2D eigenvalue weighted by Crippen LogP contribution is 2.26. The third-order valence-electron chi connectivity index (χ3n) is 7.02. The van der Waals surface area contributed by atoms with E-state index in [0.29, 0.717) is 43.7 Å². The number of carboxylic acids is 1. The number of benzene rings is 1. The Hall–Kier alpha value is -4.78. The number of nitrogens with one attached hydrogen (secondary N) is 1. The van der Waals surface area contributed by atoms with Gasteiger partial charge in [-0.3, -0.25) is 28.7 Å². The number of carboxylic acid groups (broad SMARTS) is 1. The number of fused-ring (bicyclic) bond motifs is 1. The van der Waals surface area contributed by atoms with Gasteiger partial charge in [-0.05, 0) is 37.0 Å². The van der Waals surface area contributed by atoms with Gasteiger partial charge in [-0.25, -0.2) is 14.6 Å². The van der Waals surface area contributed by atoms with Crippen molar-refractivity contribution in [3.8, 4) is 11.1 Å². The molecule has 13 heteroatoms. The van der Waals surface area contributed by atoms with Crippen molar-refractivity contribution in [3.05, 3.63) is 64.5 Å². The number of imidazole rings is 1. The number of pyridine rings is 1. The number of hydrogen-bond acceptors (Lipinski definition) is 8. The van der Waals surface area contributed by atoms with E-state index < -0.39 is 17.9 Å². The lowest BCUT2D eigenvalue weighted by atomic mass is 10.0. The Morgan fingerprint density at radius 3 is 2.80 bits per heavy atom. The van der Waals surface area contributed by atoms with Crippen molar-refractivity contribution in [2.75, 3.05) is 18.9 Å². The zero-order chi connectivity index (χ0) is 28.4. The molecule has 0 aliphatic carbocycles. The van der Waals surface area contributed by atoms with Crippen molar-refractivity contribution in [1.29, 1.82) is 0 Å². The number of nitrogens with zero attached hydrogens (tertiary/aromatic N) is 5. The SMILES string of the molecule is Cn1c(=O)n(C2CCC(=O)NC2=O)c2cccc(CCCOCCn3cc(-c4cnc(N)c(C(=O)O)c4)cn3)c21. The Balaban J connectivity index is 1.17. The summed E-state index contributed by atoms with van der Waals surface area (Å²) in [5, 5.41) is 15.9. The molecule has 1 atom stereocenters. The molecule has 3 aromatic heterocycles. The second kappa shape index (κ2) is 11.1. The quantitative estimate of drug-likeness (QED) is 0.196. The van der Waals surface area contributed by atoms with Crippen LogP contribution in [0.1, 0.15) is 41.2 Å². The van der Waals surface area contributed by atoms with Gasteiger partial charge in [0.2, 0.25) is 11.8 Å². The van der Waals surface area contributed by atoms with Crippen LogP contribution < -0.4 is 16.7 Å². The minimum absolute atomic E-state index is 0.0395. The zero-order valence-electron chi connectivity index (χ0n) is 21.9. The molecule has 0 saturated carbocycles. The molecular weight excluding hydrogens is 518 g/mol. The second-order valence-electron chi connectivity index (χ2n) is 9.63. The highest BCUT2D eigenvalue weighted by atomic mass is 16.5. The molecule has 1 unspecified atom stereocenters. The maximum atomic E-state index is 13.1. The summed E-state index contributed by atoms with van der Waals surface area (Å²) in [5.74, 6) is -1.96. The number of nitrogen functional groups attached to an aromatic ring is 1. The largest absolute Gasteiger partial charge is 0.478 e. The first-order valence-corrected chi connectivity index (χ1v) is 12.9. The van der Waals surface area contributed by atoms with Crippen LogP contribution in [0.15, 0.2) is 47.7 Å². The Morgan fingerprint density at radius 2 is 2.02 bits per heavy atom. The highest BCUT2D eigenvalue weighted by molar-refractivity contribution is 6.00. The molecule has 4 heterocycles. The van der Waals surface area contributed by atoms with Crippen molar-refractivity contribution in [2.24, 2.45) is 7.05 Å². The van der Waals surface area contributed by atoms with Crippen molar-refractivity contribution in [2.45, 2.75) is 38.3 Å². The number of para-hydroxylation sites is 1. The number of aromatic nitrogens is 5. The molecule has 13 nitrogen and oxygen atoms in total. The van der Waals surface area contributed by atoms with Gasteiger partial charge >= 0.3 is 11.7 Å². The summed E-state index contributed by atoms with van der Waals surface area (Å²) in [6.45, 7) is 1.43. The minimum Gasteiger partial charge on any atom is -0.478 e. The van der Waals surface area contributed by atoms with Crippen molar-refractivity contribution in [3.63, 3.8) is 0 Å². The van der Waals surface area contributed by atoms with Gasteiger partial charge in [0, 0.05) is 43.6 Å². The van der Waals surface area contributed by atoms with Crippen molar-refractivity contribution in [1.82, 2.24) is 29.2 Å². The Labute approximate surface area is 228 Å². The Kier molecular flexibility index (Phi) is 7.47. The maximum absolute atomic E-state index is 13.1. The molecule has 1 aliphatic rings. The average molecular weight is 548 g/mol. The third-order valence-corrected chi connectivity index (χ3v) is 7.02. The van der Waals surface area contributed by atoms with Crippen LogP contribution in [-0.4, -0.2) is 60.0 Å². The molecule has 40 heavy (non-hydrogen) atoms. The Bertz CT molecular complexity index is 1670. The van der Waals surface area contributed by atoms with Crippen LogP contribution in [0.3, 0.4) is 0 Å². The first kappa shape index (κ1) is 26.8. The van der Waals surface area contributed by atoms with Gasteiger partial charge in [0.05, 0.1) is 30.4 Å². The molecule has 5 rings (SSSR count). The third kappa shape index (κ3) is 5.23. The van der Waals surface area contributed by atoms with Crippen LogP contribution in [-0.2, 0) is 34.3 Å². The summed E-state index contributed by atoms with van der Waals surface area (Å²) in [4.78, 5) is 52.3. The van der Waals surface area contributed by atoms with Gasteiger partial charge in [-0.15, -0.1) is 0 Å². The number of carbonyl (C=O) groups excluding carboxylic acids is 2. The van der Waals surface area contributed by atoms with Crippen LogP contribution >= 0.6 is 0 Å². The molecule has 0 bridgehead atoms. The molecule has 4 N–H and O–H groups in total. The van der Waals surface area contributed by atoms with E-state index in [2.05, 4.69) is 15.4 Å². The summed E-state index contributed by atoms with van der Waals surface area (Å²) < 4.78 is 10.6. The van der Waals surface area contributed by atoms with Crippen molar-refractivity contribution < 1.29 is 24.2 Å². The molecule has 2 amide bonds. The summed E-state index contributed by atoms with van der Waals surface area (Å²) in [7, 11) is 1.69. The van der Waals surface area contributed by atoms with Gasteiger partial charge < -0.3 is 15.6 Å². The Morgan fingerprint density at radius 1 is 1.20 bits per heavy atom. The van der Waals surface area contributed by atoms with Crippen molar-refractivity contribution >= 4 is 34.6 Å². The minimum atomic E-state index is -1.14. The number of imide groups is 1. The summed E-state index contributed by atoms with van der Waals surface area (Å²) >= 11 is 0. The number of ether oxygens (including phenoxy) is 1. The lowest BCUT2D eigenvalue weighted by molar-refractivity contribution is -0.135. The smallest absolute Gasteiger partial charge is 0.339 e. The van der Waals surface area contributed by atoms with Crippen LogP contribution in [0.25, 0.3) is 22.2 Å². The number of aromatic carboxylic acids is 1. The summed E-state index contributed by atoms with van der Waals surface area (Å²) in [6, 6.07) is 6.40. The number of carbonyl (C=O) groups is 3. The molecule has 1 aliphatic heterocycles. The molecule has 4 aromatic rings. The number of aryl methyl sites for hydroxylation is 2. The van der Waals surface area contributed by atoms with E-state index >= 15 is 0 Å². The average Bonchev–Trinajstić information content (AvgIpc) is 3.49. The van der Waals surface area contributed by atoms with E-state index in [0.717, 1.165) is 23.1 Å². The molecule has 0 radical (unpaired) electrons. The van der Waals surface area contributed by atoms with Gasteiger partial charge in [0.1, 0.15) is 17.4 Å². The molecule has 208 valence electrons.